The number of nitriles is 3. The van der Waals surface area contributed by atoms with Crippen LogP contribution in [0.3, 0.4) is 0 Å². The van der Waals surface area contributed by atoms with E-state index in [-0.39, 0.29) is 16.9 Å². The van der Waals surface area contributed by atoms with Crippen LogP contribution >= 0.6 is 23.1 Å². The summed E-state index contributed by atoms with van der Waals surface area (Å²) in [6.07, 6.45) is -0.366. The minimum absolute atomic E-state index is 0.0474. The number of thioether (sulfide) groups is 1. The maximum absolute atomic E-state index is 15.2. The van der Waals surface area contributed by atoms with E-state index in [1.807, 2.05) is 19.0 Å². The number of thiophene rings is 1. The molecular weight excluding hydrogens is 664 g/mol. The molecule has 0 fully saturated rings. The molecule has 0 bridgehead atoms. The first kappa shape index (κ1) is 35.4. The predicted molar refractivity (Wildman–Crippen MR) is 191 cm³/mol. The largest absolute Gasteiger partial charge is 0.465 e. The Labute approximate surface area is 293 Å². The van der Waals surface area contributed by atoms with Crippen LogP contribution in [0.5, 0.6) is 0 Å². The van der Waals surface area contributed by atoms with Gasteiger partial charge in [-0.3, -0.25) is 0 Å². The van der Waals surface area contributed by atoms with E-state index in [0.717, 1.165) is 41.2 Å². The fourth-order valence-electron chi connectivity index (χ4n) is 6.11. The van der Waals surface area contributed by atoms with E-state index in [4.69, 9.17) is 4.74 Å². The summed E-state index contributed by atoms with van der Waals surface area (Å²) in [4.78, 5) is 7.23. The number of rotatable bonds is 10. The van der Waals surface area contributed by atoms with E-state index in [2.05, 4.69) is 55.7 Å². The average molecular weight is 698 g/mol. The number of benzene rings is 2. The lowest BCUT2D eigenvalue weighted by Crippen LogP contribution is -2.43. The Morgan fingerprint density at radius 2 is 1.78 bits per heavy atom. The van der Waals surface area contributed by atoms with Crippen molar-refractivity contribution in [2.45, 2.75) is 49.8 Å². The first-order chi connectivity index (χ1) is 23.4. The van der Waals surface area contributed by atoms with Crippen LogP contribution in [0.15, 0.2) is 107 Å². The molecule has 0 amide bonds. The molecule has 49 heavy (non-hydrogen) atoms. The third-order valence-corrected chi connectivity index (χ3v) is 11.4. The molecule has 3 aromatic rings. The highest BCUT2D eigenvalue weighted by Gasteiger charge is 2.65. The summed E-state index contributed by atoms with van der Waals surface area (Å²) < 4.78 is 51.1. The van der Waals surface area contributed by atoms with Crippen molar-refractivity contribution >= 4 is 34.5 Å². The lowest BCUT2D eigenvalue weighted by atomic mass is 9.84. The molecule has 2 aliphatic rings. The van der Waals surface area contributed by atoms with Gasteiger partial charge in [0.1, 0.15) is 23.8 Å². The zero-order valence-corrected chi connectivity index (χ0v) is 29.1. The molecule has 3 heterocycles. The highest BCUT2D eigenvalue weighted by molar-refractivity contribution is 8.03. The molecule has 5 rings (SSSR count). The number of hydrogen-bond donors (Lipinski definition) is 0. The van der Waals surface area contributed by atoms with E-state index in [1.54, 1.807) is 35.6 Å². The van der Waals surface area contributed by atoms with Crippen molar-refractivity contribution in [3.63, 3.8) is 0 Å². The maximum Gasteiger partial charge on any atom is 0.437 e. The smallest absolute Gasteiger partial charge is 0.437 e. The summed E-state index contributed by atoms with van der Waals surface area (Å²) in [5.41, 5.74) is -1.81. The molecular formula is C38H34F3N5OS2. The van der Waals surface area contributed by atoms with E-state index < -0.39 is 34.3 Å². The van der Waals surface area contributed by atoms with E-state index in [1.165, 1.54) is 53.1 Å². The highest BCUT2D eigenvalue weighted by Crippen LogP contribution is 2.57. The van der Waals surface area contributed by atoms with Crippen molar-refractivity contribution in [1.29, 1.82) is 15.8 Å². The van der Waals surface area contributed by atoms with E-state index in [0.29, 0.717) is 4.91 Å². The van der Waals surface area contributed by atoms with Gasteiger partial charge in [-0.2, -0.15) is 29.0 Å². The van der Waals surface area contributed by atoms with Gasteiger partial charge in [0.25, 0.3) is 5.60 Å². The van der Waals surface area contributed by atoms with Gasteiger partial charge in [0.15, 0.2) is 11.3 Å². The fourth-order valence-corrected chi connectivity index (χ4v) is 8.70. The molecule has 250 valence electrons. The van der Waals surface area contributed by atoms with Crippen molar-refractivity contribution in [2.75, 3.05) is 30.4 Å². The molecule has 0 saturated heterocycles. The van der Waals surface area contributed by atoms with E-state index in [9.17, 15) is 15.8 Å². The van der Waals surface area contributed by atoms with Gasteiger partial charge in [-0.05, 0) is 43.2 Å². The molecule has 11 heteroatoms. The fraction of sp³-hybridized carbons (Fsp3) is 0.289. The summed E-state index contributed by atoms with van der Waals surface area (Å²) in [5.74, 6) is -0.697. The first-order valence-electron chi connectivity index (χ1n) is 15.6. The predicted octanol–water partition coefficient (Wildman–Crippen LogP) is 9.94. The Morgan fingerprint density at radius 3 is 2.35 bits per heavy atom. The van der Waals surface area contributed by atoms with Crippen LogP contribution in [0.25, 0.3) is 10.4 Å². The topological polar surface area (TPSA) is 87.1 Å². The van der Waals surface area contributed by atoms with Gasteiger partial charge in [-0.1, -0.05) is 68.5 Å². The van der Waals surface area contributed by atoms with Crippen LogP contribution in [0.4, 0.5) is 24.5 Å². The maximum atomic E-state index is 15.2. The minimum Gasteiger partial charge on any atom is -0.465 e. The zero-order chi connectivity index (χ0) is 35.5. The van der Waals surface area contributed by atoms with E-state index >= 15 is 13.2 Å². The molecule has 0 N–H and O–H groups in total. The number of anilines is 2. The number of nitrogens with zero attached hydrogens (tertiary/aromatic N) is 5. The standard InChI is InChI=1S/C38H34F3N5OS2/c1-6-7-19-46-25(3)35(36-32(46)20-33(49-36)26-14-16-29(17-15-26)45(4)5)48-24(2)13-18-31-30(23-44)34(27(21-42)22-43)47-37(31,38(39,40)41)28-11-9-8-10-12-28/h8-18,20,25,35H,2,6-7,19H2,1,3-5H3/b18-13+. The molecule has 0 spiro atoms. The van der Waals surface area contributed by atoms with Gasteiger partial charge in [0, 0.05) is 58.2 Å². The Morgan fingerprint density at radius 1 is 1.10 bits per heavy atom. The molecule has 2 aromatic carbocycles. The van der Waals surface area contributed by atoms with Gasteiger partial charge in [0.05, 0.1) is 10.9 Å². The molecule has 1 aromatic heterocycles. The third kappa shape index (κ3) is 6.47. The summed E-state index contributed by atoms with van der Waals surface area (Å²) in [5, 5.41) is 29.1. The van der Waals surface area contributed by atoms with Gasteiger partial charge in [-0.15, -0.1) is 23.1 Å². The number of hydrogen-bond acceptors (Lipinski definition) is 8. The van der Waals surface area contributed by atoms with Crippen LogP contribution in [-0.4, -0.2) is 32.9 Å². The monoisotopic (exact) mass is 697 g/mol. The number of unbranched alkanes of at least 4 members (excludes halogenated alkanes) is 1. The number of ether oxygens (including phenoxy) is 1. The highest BCUT2D eigenvalue weighted by atomic mass is 32.2. The van der Waals surface area contributed by atoms with Crippen molar-refractivity contribution < 1.29 is 17.9 Å². The van der Waals surface area contributed by atoms with Gasteiger partial charge in [-0.25, -0.2) is 0 Å². The van der Waals surface area contributed by atoms with Gasteiger partial charge in [0.2, 0.25) is 0 Å². The Balaban J connectivity index is 1.54. The number of allylic oxidation sites excluding steroid dienone is 3. The molecule has 3 unspecified atom stereocenters. The number of fused-ring (bicyclic) bond motifs is 1. The van der Waals surface area contributed by atoms with Crippen molar-refractivity contribution in [3.05, 3.63) is 117 Å². The Hall–Kier alpha value is -4.89. The SMILES string of the molecule is C=C(/C=C/C1=C(C#N)C(=C(C#N)C#N)OC1(c1ccccc1)C(F)(F)F)SC1c2sc(-c3ccc(N(C)C)cc3)cc2N(CCCC)C1C. The van der Waals surface area contributed by atoms with Crippen LogP contribution in [0.2, 0.25) is 0 Å². The van der Waals surface area contributed by atoms with Crippen molar-refractivity contribution in [1.82, 2.24) is 0 Å². The lowest BCUT2D eigenvalue weighted by molar-refractivity contribution is -0.249. The van der Waals surface area contributed by atoms with Crippen LogP contribution in [0.1, 0.15) is 42.4 Å². The van der Waals surface area contributed by atoms with Crippen molar-refractivity contribution in [3.8, 4) is 28.6 Å². The first-order valence-corrected chi connectivity index (χ1v) is 17.3. The summed E-state index contributed by atoms with van der Waals surface area (Å²) >= 11 is 3.17. The quantitative estimate of drug-likeness (QED) is 0.154. The molecule has 0 radical (unpaired) electrons. The second-order valence-electron chi connectivity index (χ2n) is 11.9. The number of alkyl halides is 3. The molecule has 2 aliphatic heterocycles. The van der Waals surface area contributed by atoms with Gasteiger partial charge >= 0.3 is 6.18 Å². The van der Waals surface area contributed by atoms with Crippen molar-refractivity contribution in [2.24, 2.45) is 0 Å². The zero-order valence-electron chi connectivity index (χ0n) is 27.5. The molecule has 0 saturated carbocycles. The minimum atomic E-state index is -5.06. The van der Waals surface area contributed by atoms with Gasteiger partial charge < -0.3 is 14.5 Å². The second kappa shape index (κ2) is 14.3. The summed E-state index contributed by atoms with van der Waals surface area (Å²) in [6, 6.07) is 22.6. The Kier molecular flexibility index (Phi) is 10.3. The van der Waals surface area contributed by atoms with Crippen LogP contribution in [0, 0.1) is 34.0 Å². The average Bonchev–Trinajstić information content (AvgIpc) is 3.74. The second-order valence-corrected chi connectivity index (χ2v) is 14.3. The molecule has 6 nitrogen and oxygen atoms in total. The molecule has 3 atom stereocenters. The lowest BCUT2D eigenvalue weighted by Gasteiger charge is -2.33. The normalized spacial score (nSPS) is 20.1. The molecule has 0 aliphatic carbocycles. The Bertz CT molecular complexity index is 1940. The third-order valence-electron chi connectivity index (χ3n) is 8.65. The van der Waals surface area contributed by atoms with Crippen LogP contribution in [-0.2, 0) is 10.3 Å². The van der Waals surface area contributed by atoms with Crippen LogP contribution < -0.4 is 9.80 Å². The summed E-state index contributed by atoms with van der Waals surface area (Å²) in [6.45, 7) is 9.37. The number of halogens is 3. The summed E-state index contributed by atoms with van der Waals surface area (Å²) in [7, 11) is 4.00.